The minimum Gasteiger partial charge on any atom is -0.394 e. The second kappa shape index (κ2) is 7.24. The van der Waals surface area contributed by atoms with Crippen molar-refractivity contribution in [3.05, 3.63) is 62.8 Å². The Labute approximate surface area is 167 Å². The Bertz CT molecular complexity index is 1120. The summed E-state index contributed by atoms with van der Waals surface area (Å²) in [6, 6.07) is 10.7. The standard InChI is InChI=1S/C21H22N4O2S/c1-12-6-9-19(28-12)18-11-17(22)21(27)25(24-18)13(2)20(26)23-16-8-7-14-4-3-5-15(14)10-16/h6-11,13H,3-5,22H2,1-2H3,(H,23,26)/t13-/m1/s1. The van der Waals surface area contributed by atoms with Gasteiger partial charge in [-0.05, 0) is 74.6 Å². The average molecular weight is 395 g/mol. The van der Waals surface area contributed by atoms with Gasteiger partial charge < -0.3 is 11.1 Å². The summed E-state index contributed by atoms with van der Waals surface area (Å²) >= 11 is 1.56. The van der Waals surface area contributed by atoms with E-state index < -0.39 is 11.6 Å². The number of benzene rings is 1. The van der Waals surface area contributed by atoms with Gasteiger partial charge in [0.2, 0.25) is 5.91 Å². The quantitative estimate of drug-likeness (QED) is 0.708. The molecule has 1 atom stereocenters. The van der Waals surface area contributed by atoms with Crippen molar-refractivity contribution in [2.24, 2.45) is 0 Å². The van der Waals surface area contributed by atoms with Crippen molar-refractivity contribution in [1.82, 2.24) is 9.78 Å². The number of fused-ring (bicyclic) bond motifs is 1. The first-order chi connectivity index (χ1) is 13.4. The molecule has 3 N–H and O–H groups in total. The maximum Gasteiger partial charge on any atom is 0.290 e. The number of nitrogens with one attached hydrogen (secondary N) is 1. The van der Waals surface area contributed by atoms with Crippen LogP contribution in [0.25, 0.3) is 10.6 Å². The van der Waals surface area contributed by atoms with Gasteiger partial charge in [0.25, 0.3) is 5.56 Å². The van der Waals surface area contributed by atoms with Crippen LogP contribution >= 0.6 is 11.3 Å². The molecular formula is C21H22N4O2S. The molecule has 1 aliphatic rings. The summed E-state index contributed by atoms with van der Waals surface area (Å²) in [5, 5.41) is 7.31. The lowest BCUT2D eigenvalue weighted by atomic mass is 10.1. The SMILES string of the molecule is Cc1ccc(-c2cc(N)c(=O)n([C@H](C)C(=O)Nc3ccc4c(c3)CCC4)n2)s1. The van der Waals surface area contributed by atoms with Crippen LogP contribution in [-0.4, -0.2) is 15.7 Å². The first-order valence-electron chi connectivity index (χ1n) is 9.31. The molecule has 2 heterocycles. The van der Waals surface area contributed by atoms with Crippen molar-refractivity contribution in [1.29, 1.82) is 0 Å². The Balaban J connectivity index is 1.61. The number of aryl methyl sites for hydroxylation is 3. The number of carbonyl (C=O) groups is 1. The highest BCUT2D eigenvalue weighted by Crippen LogP contribution is 2.27. The lowest BCUT2D eigenvalue weighted by Gasteiger charge is -2.16. The number of carbonyl (C=O) groups excluding carboxylic acids is 1. The van der Waals surface area contributed by atoms with Crippen molar-refractivity contribution in [2.45, 2.75) is 39.2 Å². The number of hydrogen-bond donors (Lipinski definition) is 2. The Morgan fingerprint density at radius 1 is 1.21 bits per heavy atom. The van der Waals surface area contributed by atoms with E-state index in [0.29, 0.717) is 5.69 Å². The second-order valence-corrected chi connectivity index (χ2v) is 8.44. The molecule has 0 spiro atoms. The Morgan fingerprint density at radius 3 is 2.75 bits per heavy atom. The monoisotopic (exact) mass is 394 g/mol. The number of nitrogens with zero attached hydrogens (tertiary/aromatic N) is 2. The number of aromatic nitrogens is 2. The third-order valence-corrected chi connectivity index (χ3v) is 6.09. The summed E-state index contributed by atoms with van der Waals surface area (Å²) in [7, 11) is 0. The van der Waals surface area contributed by atoms with Crippen LogP contribution in [0, 0.1) is 6.92 Å². The van der Waals surface area contributed by atoms with Gasteiger partial charge in [-0.15, -0.1) is 11.3 Å². The number of hydrogen-bond acceptors (Lipinski definition) is 5. The van der Waals surface area contributed by atoms with Crippen molar-refractivity contribution in [3.63, 3.8) is 0 Å². The molecule has 144 valence electrons. The van der Waals surface area contributed by atoms with Crippen LogP contribution in [-0.2, 0) is 17.6 Å². The maximum atomic E-state index is 12.8. The van der Waals surface area contributed by atoms with E-state index in [0.717, 1.165) is 34.7 Å². The highest BCUT2D eigenvalue weighted by molar-refractivity contribution is 7.15. The molecule has 28 heavy (non-hydrogen) atoms. The van der Waals surface area contributed by atoms with Crippen molar-refractivity contribution < 1.29 is 4.79 Å². The number of nitrogen functional groups attached to an aromatic ring is 1. The summed E-state index contributed by atoms with van der Waals surface area (Å²) in [5.41, 5.74) is 9.48. The van der Waals surface area contributed by atoms with Crippen LogP contribution in [0.2, 0.25) is 0 Å². The molecule has 0 saturated heterocycles. The number of anilines is 2. The minimum atomic E-state index is -0.788. The van der Waals surface area contributed by atoms with E-state index in [1.807, 2.05) is 31.2 Å². The highest BCUT2D eigenvalue weighted by Gasteiger charge is 2.21. The largest absolute Gasteiger partial charge is 0.394 e. The summed E-state index contributed by atoms with van der Waals surface area (Å²) < 4.78 is 1.17. The fourth-order valence-electron chi connectivity index (χ4n) is 3.49. The van der Waals surface area contributed by atoms with E-state index in [4.69, 9.17) is 5.73 Å². The molecule has 6 nitrogen and oxygen atoms in total. The molecule has 7 heteroatoms. The zero-order valence-corrected chi connectivity index (χ0v) is 16.7. The van der Waals surface area contributed by atoms with E-state index in [9.17, 15) is 9.59 Å². The lowest BCUT2D eigenvalue weighted by Crippen LogP contribution is -2.34. The third kappa shape index (κ3) is 3.45. The first-order valence-corrected chi connectivity index (χ1v) is 10.1. The van der Waals surface area contributed by atoms with Crippen molar-refractivity contribution >= 4 is 28.6 Å². The van der Waals surface area contributed by atoms with Gasteiger partial charge in [-0.25, -0.2) is 4.68 Å². The topological polar surface area (TPSA) is 90.0 Å². The molecule has 0 fully saturated rings. The van der Waals surface area contributed by atoms with Crippen LogP contribution < -0.4 is 16.6 Å². The molecule has 3 aromatic rings. The van der Waals surface area contributed by atoms with Crippen molar-refractivity contribution in [3.8, 4) is 10.6 Å². The van der Waals surface area contributed by atoms with Crippen LogP contribution in [0.4, 0.5) is 11.4 Å². The Kier molecular flexibility index (Phi) is 4.77. The zero-order valence-electron chi connectivity index (χ0n) is 15.9. The maximum absolute atomic E-state index is 12.8. The van der Waals surface area contributed by atoms with E-state index in [2.05, 4.69) is 16.5 Å². The summed E-state index contributed by atoms with van der Waals surface area (Å²) in [5.74, 6) is -0.300. The van der Waals surface area contributed by atoms with E-state index in [1.165, 1.54) is 15.8 Å². The van der Waals surface area contributed by atoms with Gasteiger partial charge in [-0.3, -0.25) is 9.59 Å². The predicted molar refractivity (Wildman–Crippen MR) is 113 cm³/mol. The van der Waals surface area contributed by atoms with E-state index in [1.54, 1.807) is 24.3 Å². The van der Waals surface area contributed by atoms with Gasteiger partial charge in [0.1, 0.15) is 17.4 Å². The normalized spacial score (nSPS) is 13.9. The number of thiophene rings is 1. The van der Waals surface area contributed by atoms with Gasteiger partial charge in [0, 0.05) is 10.6 Å². The van der Waals surface area contributed by atoms with Gasteiger partial charge in [0.15, 0.2) is 0 Å². The highest BCUT2D eigenvalue weighted by atomic mass is 32.1. The second-order valence-electron chi connectivity index (χ2n) is 7.15. The van der Waals surface area contributed by atoms with Crippen LogP contribution in [0.5, 0.6) is 0 Å². The van der Waals surface area contributed by atoms with Gasteiger partial charge >= 0.3 is 0 Å². The molecular weight excluding hydrogens is 372 g/mol. The zero-order chi connectivity index (χ0) is 19.8. The Morgan fingerprint density at radius 2 is 2.00 bits per heavy atom. The predicted octanol–water partition coefficient (Wildman–Crippen LogP) is 3.55. The number of nitrogens with two attached hydrogens (primary N) is 1. The molecule has 0 radical (unpaired) electrons. The van der Waals surface area contributed by atoms with E-state index in [-0.39, 0.29) is 11.6 Å². The fourth-order valence-corrected chi connectivity index (χ4v) is 4.32. The van der Waals surface area contributed by atoms with Gasteiger partial charge in [0.05, 0.1) is 4.88 Å². The molecule has 1 aromatic carbocycles. The summed E-state index contributed by atoms with van der Waals surface area (Å²) in [6.07, 6.45) is 3.28. The van der Waals surface area contributed by atoms with Crippen molar-refractivity contribution in [2.75, 3.05) is 11.1 Å². The molecule has 0 bridgehead atoms. The van der Waals surface area contributed by atoms with E-state index >= 15 is 0 Å². The smallest absolute Gasteiger partial charge is 0.290 e. The summed E-state index contributed by atoms with van der Waals surface area (Å²) in [6.45, 7) is 3.65. The van der Waals surface area contributed by atoms with Crippen LogP contribution in [0.15, 0.2) is 41.2 Å². The minimum absolute atomic E-state index is 0.0771. The number of amides is 1. The van der Waals surface area contributed by atoms with Crippen LogP contribution in [0.3, 0.4) is 0 Å². The summed E-state index contributed by atoms with van der Waals surface area (Å²) in [4.78, 5) is 27.3. The molecule has 1 aliphatic carbocycles. The molecule has 2 aromatic heterocycles. The van der Waals surface area contributed by atoms with Gasteiger partial charge in [-0.1, -0.05) is 6.07 Å². The molecule has 1 amide bonds. The fraction of sp³-hybridized carbons (Fsp3) is 0.286. The van der Waals surface area contributed by atoms with Gasteiger partial charge in [-0.2, -0.15) is 5.10 Å². The molecule has 0 unspecified atom stereocenters. The van der Waals surface area contributed by atoms with Crippen LogP contribution in [0.1, 0.15) is 35.4 Å². The molecule has 0 saturated carbocycles. The first kappa shape index (κ1) is 18.4. The molecule has 4 rings (SSSR count). The molecule has 0 aliphatic heterocycles. The number of rotatable bonds is 4. The third-order valence-electron chi connectivity index (χ3n) is 5.07. The average Bonchev–Trinajstić information content (AvgIpc) is 3.31. The Hall–Kier alpha value is -2.93. The lowest BCUT2D eigenvalue weighted by molar-refractivity contribution is -0.119.